The first-order valence-corrected chi connectivity index (χ1v) is 10.3. The molecule has 0 unspecified atom stereocenters. The van der Waals surface area contributed by atoms with Gasteiger partial charge in [0.1, 0.15) is 5.75 Å². The third-order valence-corrected chi connectivity index (χ3v) is 6.21. The van der Waals surface area contributed by atoms with Crippen LogP contribution in [0.3, 0.4) is 0 Å². The lowest BCUT2D eigenvalue weighted by Crippen LogP contribution is -2.15. The lowest BCUT2D eigenvalue weighted by atomic mass is 10.1. The molecular weight excluding hydrogens is 405 g/mol. The van der Waals surface area contributed by atoms with E-state index in [0.717, 1.165) is 11.1 Å². The number of hydrogen-bond donors (Lipinski definition) is 1. The van der Waals surface area contributed by atoms with Gasteiger partial charge in [-0.2, -0.15) is 0 Å². The van der Waals surface area contributed by atoms with Gasteiger partial charge in [0.15, 0.2) is 0 Å². The number of methoxy groups -OCH3 is 1. The van der Waals surface area contributed by atoms with Crippen LogP contribution in [0.1, 0.15) is 5.56 Å². The summed E-state index contributed by atoms with van der Waals surface area (Å²) in [5, 5.41) is 0.534. The first kappa shape index (κ1) is 19.5. The highest BCUT2D eigenvalue weighted by atomic mass is 35.5. The van der Waals surface area contributed by atoms with Gasteiger partial charge in [-0.25, -0.2) is 8.42 Å². The minimum atomic E-state index is -3.90. The molecule has 0 heterocycles. The molecule has 0 bridgehead atoms. The molecule has 0 aliphatic heterocycles. The second kappa shape index (κ2) is 7.80. The van der Waals surface area contributed by atoms with Crippen molar-refractivity contribution in [3.63, 3.8) is 0 Å². The quantitative estimate of drug-likeness (QED) is 0.567. The van der Waals surface area contributed by atoms with Crippen molar-refractivity contribution in [3.8, 4) is 16.9 Å². The molecule has 0 aromatic heterocycles. The SMILES string of the molecule is COc1cc(-c2ccccc2)ccc1NS(=O)(=O)c1cc(Cl)cc(Cl)c1C. The number of benzene rings is 3. The molecule has 0 spiro atoms. The van der Waals surface area contributed by atoms with Crippen LogP contribution < -0.4 is 9.46 Å². The van der Waals surface area contributed by atoms with Crippen molar-refractivity contribution in [2.24, 2.45) is 0 Å². The maximum atomic E-state index is 12.9. The van der Waals surface area contributed by atoms with Gasteiger partial charge >= 0.3 is 0 Å². The number of rotatable bonds is 5. The average Bonchev–Trinajstić information content (AvgIpc) is 2.65. The second-order valence-electron chi connectivity index (χ2n) is 5.90. The highest BCUT2D eigenvalue weighted by molar-refractivity contribution is 7.92. The monoisotopic (exact) mass is 421 g/mol. The molecule has 1 N–H and O–H groups in total. The summed E-state index contributed by atoms with van der Waals surface area (Å²) < 4.78 is 33.7. The number of anilines is 1. The van der Waals surface area contributed by atoms with Gasteiger partial charge in [0.2, 0.25) is 0 Å². The fraction of sp³-hybridized carbons (Fsp3) is 0.100. The molecule has 0 saturated carbocycles. The van der Waals surface area contributed by atoms with Crippen molar-refractivity contribution in [1.29, 1.82) is 0 Å². The molecule has 0 aliphatic carbocycles. The zero-order valence-corrected chi connectivity index (χ0v) is 17.0. The van der Waals surface area contributed by atoms with Crippen molar-refractivity contribution in [1.82, 2.24) is 0 Å². The van der Waals surface area contributed by atoms with Crippen molar-refractivity contribution < 1.29 is 13.2 Å². The molecule has 0 aliphatic rings. The highest BCUT2D eigenvalue weighted by Gasteiger charge is 2.21. The normalized spacial score (nSPS) is 11.3. The number of sulfonamides is 1. The Kier molecular flexibility index (Phi) is 5.65. The summed E-state index contributed by atoms with van der Waals surface area (Å²) in [6, 6.07) is 17.9. The molecule has 7 heteroatoms. The Hall–Kier alpha value is -2.21. The van der Waals surface area contributed by atoms with Gasteiger partial charge in [-0.1, -0.05) is 59.6 Å². The number of ether oxygens (including phenoxy) is 1. The largest absolute Gasteiger partial charge is 0.495 e. The van der Waals surface area contributed by atoms with Crippen LogP contribution >= 0.6 is 23.2 Å². The van der Waals surface area contributed by atoms with Gasteiger partial charge in [-0.15, -0.1) is 0 Å². The van der Waals surface area contributed by atoms with Gasteiger partial charge in [-0.3, -0.25) is 4.72 Å². The lowest BCUT2D eigenvalue weighted by molar-refractivity contribution is 0.417. The summed E-state index contributed by atoms with van der Waals surface area (Å²) in [6.07, 6.45) is 0. The molecule has 0 fully saturated rings. The van der Waals surface area contributed by atoms with E-state index in [0.29, 0.717) is 17.0 Å². The summed E-state index contributed by atoms with van der Waals surface area (Å²) in [5.41, 5.74) is 2.67. The van der Waals surface area contributed by atoms with E-state index in [1.165, 1.54) is 19.2 Å². The van der Waals surface area contributed by atoms with E-state index < -0.39 is 10.0 Å². The topological polar surface area (TPSA) is 55.4 Å². The first-order chi connectivity index (χ1) is 12.8. The summed E-state index contributed by atoms with van der Waals surface area (Å²) in [7, 11) is -2.41. The van der Waals surface area contributed by atoms with Crippen LogP contribution in [0.4, 0.5) is 5.69 Å². The van der Waals surface area contributed by atoms with E-state index in [2.05, 4.69) is 4.72 Å². The summed E-state index contributed by atoms with van der Waals surface area (Å²) in [6.45, 7) is 1.63. The molecule has 3 aromatic rings. The highest BCUT2D eigenvalue weighted by Crippen LogP contribution is 2.34. The Balaban J connectivity index is 2.00. The van der Waals surface area contributed by atoms with Crippen molar-refractivity contribution >= 4 is 38.9 Å². The first-order valence-electron chi connectivity index (χ1n) is 8.04. The van der Waals surface area contributed by atoms with Crippen LogP contribution in [-0.2, 0) is 10.0 Å². The van der Waals surface area contributed by atoms with Gasteiger partial charge in [0.25, 0.3) is 10.0 Å². The zero-order valence-electron chi connectivity index (χ0n) is 14.7. The van der Waals surface area contributed by atoms with E-state index in [1.807, 2.05) is 36.4 Å². The Morgan fingerprint density at radius 2 is 1.63 bits per heavy atom. The van der Waals surface area contributed by atoms with Gasteiger partial charge in [0.05, 0.1) is 17.7 Å². The molecule has 140 valence electrons. The van der Waals surface area contributed by atoms with E-state index in [-0.39, 0.29) is 14.9 Å². The van der Waals surface area contributed by atoms with E-state index in [4.69, 9.17) is 27.9 Å². The molecule has 27 heavy (non-hydrogen) atoms. The lowest BCUT2D eigenvalue weighted by Gasteiger charge is -2.15. The summed E-state index contributed by atoms with van der Waals surface area (Å²) >= 11 is 12.1. The third-order valence-electron chi connectivity index (χ3n) is 4.10. The van der Waals surface area contributed by atoms with Crippen molar-refractivity contribution in [3.05, 3.63) is 76.3 Å². The van der Waals surface area contributed by atoms with Crippen LogP contribution in [0, 0.1) is 6.92 Å². The number of nitrogens with one attached hydrogen (secondary N) is 1. The molecule has 4 nitrogen and oxygen atoms in total. The standard InChI is InChI=1S/C20H17Cl2NO3S/c1-13-17(22)11-16(21)12-20(13)27(24,25)23-18-9-8-15(10-19(18)26-2)14-6-4-3-5-7-14/h3-12,23H,1-2H3. The second-order valence-corrected chi connectivity index (χ2v) is 8.39. The number of hydrogen-bond acceptors (Lipinski definition) is 3. The van der Waals surface area contributed by atoms with Crippen molar-refractivity contribution in [2.45, 2.75) is 11.8 Å². The van der Waals surface area contributed by atoms with Crippen LogP contribution in [0.5, 0.6) is 5.75 Å². The van der Waals surface area contributed by atoms with Crippen LogP contribution in [0.25, 0.3) is 11.1 Å². The molecule has 0 atom stereocenters. The minimum Gasteiger partial charge on any atom is -0.495 e. The van der Waals surface area contributed by atoms with E-state index in [9.17, 15) is 8.42 Å². The Labute approximate surface area is 168 Å². The van der Waals surface area contributed by atoms with E-state index >= 15 is 0 Å². The van der Waals surface area contributed by atoms with Crippen LogP contribution in [0.2, 0.25) is 10.0 Å². The molecule has 3 rings (SSSR count). The van der Waals surface area contributed by atoms with Gasteiger partial charge in [0, 0.05) is 10.0 Å². The minimum absolute atomic E-state index is 0.0224. The maximum Gasteiger partial charge on any atom is 0.262 e. The van der Waals surface area contributed by atoms with Gasteiger partial charge < -0.3 is 4.74 Å². The Bertz CT molecular complexity index is 1080. The van der Waals surface area contributed by atoms with Gasteiger partial charge in [-0.05, 0) is 47.9 Å². The third kappa shape index (κ3) is 4.21. The fourth-order valence-corrected chi connectivity index (χ4v) is 4.66. The van der Waals surface area contributed by atoms with Crippen molar-refractivity contribution in [2.75, 3.05) is 11.8 Å². The maximum absolute atomic E-state index is 12.9. The number of halogens is 2. The average molecular weight is 422 g/mol. The summed E-state index contributed by atoms with van der Waals surface area (Å²) in [4.78, 5) is 0.0224. The predicted molar refractivity (Wildman–Crippen MR) is 110 cm³/mol. The molecular formula is C20H17Cl2NO3S. The van der Waals surface area contributed by atoms with Crippen LogP contribution in [0.15, 0.2) is 65.6 Å². The fourth-order valence-electron chi connectivity index (χ4n) is 2.69. The molecule has 0 radical (unpaired) electrons. The Morgan fingerprint density at radius 1 is 0.926 bits per heavy atom. The summed E-state index contributed by atoms with van der Waals surface area (Å²) in [5.74, 6) is 0.408. The zero-order chi connectivity index (χ0) is 19.6. The predicted octanol–water partition coefficient (Wildman–Crippen LogP) is 5.78. The van der Waals surface area contributed by atoms with Crippen LogP contribution in [-0.4, -0.2) is 15.5 Å². The Morgan fingerprint density at radius 3 is 2.30 bits per heavy atom. The molecule has 0 amide bonds. The van der Waals surface area contributed by atoms with E-state index in [1.54, 1.807) is 19.1 Å². The molecule has 3 aromatic carbocycles. The molecule has 0 saturated heterocycles. The smallest absolute Gasteiger partial charge is 0.262 e.